The summed E-state index contributed by atoms with van der Waals surface area (Å²) < 4.78 is 44.1. The number of fused-ring (bicyclic) bond motifs is 1. The van der Waals surface area contributed by atoms with E-state index in [1.807, 2.05) is 19.1 Å². The van der Waals surface area contributed by atoms with Crippen molar-refractivity contribution in [2.75, 3.05) is 0 Å². The summed E-state index contributed by atoms with van der Waals surface area (Å²) in [6.45, 7) is 1.85. The molecule has 2 nitrogen and oxygen atoms in total. The Labute approximate surface area is 124 Å². The third-order valence-electron chi connectivity index (χ3n) is 3.23. The average molecular weight is 303 g/mol. The van der Waals surface area contributed by atoms with Gasteiger partial charge in [0.15, 0.2) is 5.69 Å². The number of hydrogen-bond donors (Lipinski definition) is 0. The van der Waals surface area contributed by atoms with Gasteiger partial charge in [0, 0.05) is 17.1 Å². The molecule has 2 heterocycles. The highest BCUT2D eigenvalue weighted by molar-refractivity contribution is 5.82. The van der Waals surface area contributed by atoms with E-state index in [0.29, 0.717) is 0 Å². The predicted octanol–water partition coefficient (Wildman–Crippen LogP) is 5.33. The molecule has 1 aromatic carbocycles. The lowest BCUT2D eigenvalue weighted by molar-refractivity contribution is -0.141. The highest BCUT2D eigenvalue weighted by Gasteiger charge is 2.34. The molecule has 0 fully saturated rings. The SMILES string of the molecule is Cc1cc2cc(/C=C/c3cccnc3C(F)(F)F)ccc2o1. The van der Waals surface area contributed by atoms with Crippen LogP contribution in [0.3, 0.4) is 0 Å². The molecule has 0 aliphatic heterocycles. The van der Waals surface area contributed by atoms with Crippen LogP contribution in [0.25, 0.3) is 23.1 Å². The molecule has 0 aliphatic carbocycles. The van der Waals surface area contributed by atoms with Crippen molar-refractivity contribution in [3.63, 3.8) is 0 Å². The fourth-order valence-corrected chi connectivity index (χ4v) is 2.27. The Balaban J connectivity index is 1.96. The van der Waals surface area contributed by atoms with Gasteiger partial charge in [0.2, 0.25) is 0 Å². The normalized spacial score (nSPS) is 12.4. The van der Waals surface area contributed by atoms with Crippen molar-refractivity contribution in [3.8, 4) is 0 Å². The number of aryl methyl sites for hydroxylation is 1. The zero-order valence-electron chi connectivity index (χ0n) is 11.7. The van der Waals surface area contributed by atoms with E-state index in [0.717, 1.165) is 28.5 Å². The van der Waals surface area contributed by atoms with Gasteiger partial charge in [-0.15, -0.1) is 0 Å². The van der Waals surface area contributed by atoms with E-state index in [-0.39, 0.29) is 5.56 Å². The van der Waals surface area contributed by atoms with Crippen LogP contribution in [0.15, 0.2) is 47.0 Å². The van der Waals surface area contributed by atoms with E-state index in [9.17, 15) is 13.2 Å². The van der Waals surface area contributed by atoms with Crippen LogP contribution < -0.4 is 0 Å². The number of furan rings is 1. The molecule has 0 amide bonds. The van der Waals surface area contributed by atoms with E-state index in [1.54, 1.807) is 18.2 Å². The first kappa shape index (κ1) is 14.4. The lowest BCUT2D eigenvalue weighted by atomic mass is 10.1. The summed E-state index contributed by atoms with van der Waals surface area (Å²) in [5.74, 6) is 0.794. The molecule has 0 N–H and O–H groups in total. The molecule has 3 rings (SSSR count). The van der Waals surface area contributed by atoms with Gasteiger partial charge in [-0.1, -0.05) is 24.3 Å². The Morgan fingerprint density at radius 2 is 1.91 bits per heavy atom. The number of nitrogens with zero attached hydrogens (tertiary/aromatic N) is 1. The van der Waals surface area contributed by atoms with Gasteiger partial charge in [0.25, 0.3) is 0 Å². The van der Waals surface area contributed by atoms with Crippen molar-refractivity contribution >= 4 is 23.1 Å². The van der Waals surface area contributed by atoms with Gasteiger partial charge in [0.05, 0.1) is 0 Å². The Bertz CT molecular complexity index is 846. The van der Waals surface area contributed by atoms with E-state index < -0.39 is 11.9 Å². The second-order valence-electron chi connectivity index (χ2n) is 4.93. The quantitative estimate of drug-likeness (QED) is 0.640. The van der Waals surface area contributed by atoms with Gasteiger partial charge < -0.3 is 4.42 Å². The summed E-state index contributed by atoms with van der Waals surface area (Å²) in [4.78, 5) is 3.42. The molecule has 0 spiro atoms. The Kier molecular flexibility index (Phi) is 3.48. The number of benzene rings is 1. The summed E-state index contributed by atoms with van der Waals surface area (Å²) in [7, 11) is 0. The number of hydrogen-bond acceptors (Lipinski definition) is 2. The molecular formula is C17H12F3NO. The summed E-state index contributed by atoms with van der Waals surface area (Å²) >= 11 is 0. The van der Waals surface area contributed by atoms with E-state index in [2.05, 4.69) is 4.98 Å². The maximum atomic E-state index is 12.9. The number of aromatic nitrogens is 1. The Hall–Kier alpha value is -2.56. The molecule has 5 heteroatoms. The molecule has 112 valence electrons. The fourth-order valence-electron chi connectivity index (χ4n) is 2.27. The molecule has 0 radical (unpaired) electrons. The average Bonchev–Trinajstić information content (AvgIpc) is 2.83. The molecule has 0 aliphatic rings. The summed E-state index contributed by atoms with van der Waals surface area (Å²) in [5, 5.41) is 0.918. The number of rotatable bonds is 2. The van der Waals surface area contributed by atoms with Crippen LogP contribution in [-0.4, -0.2) is 4.98 Å². The van der Waals surface area contributed by atoms with Gasteiger partial charge in [-0.25, -0.2) is 0 Å². The van der Waals surface area contributed by atoms with E-state index >= 15 is 0 Å². The van der Waals surface area contributed by atoms with Gasteiger partial charge in [-0.05, 0) is 36.8 Å². The van der Waals surface area contributed by atoms with E-state index in [4.69, 9.17) is 4.42 Å². The third kappa shape index (κ3) is 2.88. The van der Waals surface area contributed by atoms with Gasteiger partial charge in [-0.3, -0.25) is 4.98 Å². The van der Waals surface area contributed by atoms with Crippen LogP contribution >= 0.6 is 0 Å². The zero-order chi connectivity index (χ0) is 15.7. The monoisotopic (exact) mass is 303 g/mol. The van der Waals surface area contributed by atoms with Crippen molar-refractivity contribution in [1.29, 1.82) is 0 Å². The zero-order valence-corrected chi connectivity index (χ0v) is 11.7. The number of halogens is 3. The first-order valence-corrected chi connectivity index (χ1v) is 6.64. The summed E-state index contributed by atoms with van der Waals surface area (Å²) in [5.41, 5.74) is 0.710. The van der Waals surface area contributed by atoms with Gasteiger partial charge in [0.1, 0.15) is 11.3 Å². The minimum atomic E-state index is -4.47. The smallest absolute Gasteiger partial charge is 0.433 e. The first-order chi connectivity index (χ1) is 10.4. The van der Waals surface area contributed by atoms with Crippen molar-refractivity contribution in [3.05, 3.63) is 65.2 Å². The summed E-state index contributed by atoms with van der Waals surface area (Å²) in [6.07, 6.45) is -0.273. The second-order valence-corrected chi connectivity index (χ2v) is 4.93. The predicted molar refractivity (Wildman–Crippen MR) is 79.1 cm³/mol. The van der Waals surface area contributed by atoms with Crippen molar-refractivity contribution in [2.24, 2.45) is 0 Å². The van der Waals surface area contributed by atoms with Crippen molar-refractivity contribution in [2.45, 2.75) is 13.1 Å². The van der Waals surface area contributed by atoms with E-state index in [1.165, 1.54) is 18.2 Å². The Morgan fingerprint density at radius 1 is 1.09 bits per heavy atom. The minimum absolute atomic E-state index is 0.0403. The molecular weight excluding hydrogens is 291 g/mol. The topological polar surface area (TPSA) is 26.0 Å². The molecule has 3 aromatic rings. The van der Waals surface area contributed by atoms with Crippen molar-refractivity contribution in [1.82, 2.24) is 4.98 Å². The second kappa shape index (κ2) is 5.33. The Morgan fingerprint density at radius 3 is 2.68 bits per heavy atom. The number of pyridine rings is 1. The maximum absolute atomic E-state index is 12.9. The molecule has 0 unspecified atom stereocenters. The molecule has 22 heavy (non-hydrogen) atoms. The van der Waals surface area contributed by atoms with Gasteiger partial charge in [-0.2, -0.15) is 13.2 Å². The first-order valence-electron chi connectivity index (χ1n) is 6.64. The van der Waals surface area contributed by atoms with Crippen LogP contribution in [-0.2, 0) is 6.18 Å². The largest absolute Gasteiger partial charge is 0.461 e. The molecule has 0 saturated heterocycles. The standard InChI is InChI=1S/C17H12F3NO/c1-11-9-14-10-12(5-7-15(14)22-11)4-6-13-3-2-8-21-16(13)17(18,19)20/h2-10H,1H3/b6-4+. The molecule has 0 bridgehead atoms. The van der Waals surface area contributed by atoms with Gasteiger partial charge >= 0.3 is 6.18 Å². The number of alkyl halides is 3. The lowest BCUT2D eigenvalue weighted by Crippen LogP contribution is -2.09. The molecule has 0 atom stereocenters. The third-order valence-corrected chi connectivity index (χ3v) is 3.23. The highest BCUT2D eigenvalue weighted by Crippen LogP contribution is 2.31. The summed E-state index contributed by atoms with van der Waals surface area (Å²) in [6, 6.07) is 10.2. The maximum Gasteiger partial charge on any atom is 0.433 e. The van der Waals surface area contributed by atoms with Crippen LogP contribution in [0.4, 0.5) is 13.2 Å². The van der Waals surface area contributed by atoms with Crippen molar-refractivity contribution < 1.29 is 17.6 Å². The molecule has 0 saturated carbocycles. The fraction of sp³-hybridized carbons (Fsp3) is 0.118. The highest BCUT2D eigenvalue weighted by atomic mass is 19.4. The lowest BCUT2D eigenvalue weighted by Gasteiger charge is -2.08. The van der Waals surface area contributed by atoms with Crippen LogP contribution in [0.2, 0.25) is 0 Å². The minimum Gasteiger partial charge on any atom is -0.461 e. The van der Waals surface area contributed by atoms with Crippen LogP contribution in [0.5, 0.6) is 0 Å². The van der Waals surface area contributed by atoms with Crippen LogP contribution in [0, 0.1) is 6.92 Å². The molecule has 2 aromatic heterocycles. The van der Waals surface area contributed by atoms with Crippen LogP contribution in [0.1, 0.15) is 22.6 Å².